The van der Waals surface area contributed by atoms with Gasteiger partial charge in [-0.3, -0.25) is 0 Å². The second kappa shape index (κ2) is 6.25. The van der Waals surface area contributed by atoms with E-state index in [-0.39, 0.29) is 6.61 Å². The molecule has 0 unspecified atom stereocenters. The monoisotopic (exact) mass is 238 g/mol. The minimum Gasteiger partial charge on any atom is -0.429 e. The zero-order valence-electron chi connectivity index (χ0n) is 10.7. The average molecular weight is 238 g/mol. The lowest BCUT2D eigenvalue weighted by Crippen LogP contribution is -2.38. The van der Waals surface area contributed by atoms with Gasteiger partial charge >= 0.3 is 6.16 Å². The molecule has 0 aliphatic carbocycles. The van der Waals surface area contributed by atoms with Gasteiger partial charge in [0, 0.05) is 0 Å². The molecule has 0 saturated carbocycles. The zero-order chi connectivity index (χ0) is 12.7. The van der Waals surface area contributed by atoms with Crippen molar-refractivity contribution >= 4 is 6.16 Å². The van der Waals surface area contributed by atoms with Gasteiger partial charge in [-0.2, -0.15) is 0 Å². The average Bonchev–Trinajstić information content (AvgIpc) is 2.26. The van der Waals surface area contributed by atoms with Crippen LogP contribution in [0.1, 0.15) is 5.56 Å². The van der Waals surface area contributed by atoms with Crippen LogP contribution in [-0.4, -0.2) is 44.9 Å². The molecule has 0 amide bonds. The quantitative estimate of drug-likeness (QED) is 0.581. The lowest BCUT2D eigenvalue weighted by molar-refractivity contribution is -0.870. The SMILES string of the molecule is C[N+](C)(C)CCOC(=O)OCc1ccccc1. The fraction of sp³-hybridized carbons (Fsp3) is 0.462. The van der Waals surface area contributed by atoms with Crippen LogP contribution in [0.5, 0.6) is 0 Å². The number of likely N-dealkylation sites (N-methyl/N-ethyl adjacent to an activating group) is 1. The third kappa shape index (κ3) is 6.58. The predicted molar refractivity (Wildman–Crippen MR) is 65.5 cm³/mol. The maximum atomic E-state index is 11.3. The Kier molecular flexibility index (Phi) is 4.97. The number of carbonyl (C=O) groups is 1. The summed E-state index contributed by atoms with van der Waals surface area (Å²) in [6, 6.07) is 9.53. The topological polar surface area (TPSA) is 35.5 Å². The van der Waals surface area contributed by atoms with Crippen LogP contribution in [-0.2, 0) is 16.1 Å². The molecule has 0 aromatic heterocycles. The summed E-state index contributed by atoms with van der Waals surface area (Å²) in [5.74, 6) is 0. The third-order valence-corrected chi connectivity index (χ3v) is 2.18. The fourth-order valence-electron chi connectivity index (χ4n) is 1.16. The van der Waals surface area contributed by atoms with E-state index in [0.29, 0.717) is 6.61 Å². The molecule has 0 heterocycles. The van der Waals surface area contributed by atoms with Gasteiger partial charge in [-0.05, 0) is 5.56 Å². The number of nitrogens with zero attached hydrogens (tertiary/aromatic N) is 1. The Morgan fingerprint density at radius 3 is 2.35 bits per heavy atom. The van der Waals surface area contributed by atoms with E-state index in [1.807, 2.05) is 51.5 Å². The number of carbonyl (C=O) groups excluding carboxylic acids is 1. The van der Waals surface area contributed by atoms with E-state index in [0.717, 1.165) is 16.6 Å². The Balaban J connectivity index is 2.18. The first-order chi connectivity index (χ1) is 7.97. The first-order valence-electron chi connectivity index (χ1n) is 5.61. The number of hydrogen-bond acceptors (Lipinski definition) is 3. The van der Waals surface area contributed by atoms with Crippen LogP contribution in [0.4, 0.5) is 4.79 Å². The molecule has 1 aromatic rings. The number of hydrogen-bond donors (Lipinski definition) is 0. The Hall–Kier alpha value is -1.55. The number of quaternary nitrogens is 1. The number of ether oxygens (including phenoxy) is 2. The summed E-state index contributed by atoms with van der Waals surface area (Å²) in [6.45, 7) is 1.39. The molecular formula is C13H20NO3+. The molecule has 0 aliphatic heterocycles. The summed E-state index contributed by atoms with van der Waals surface area (Å²) in [7, 11) is 6.12. The van der Waals surface area contributed by atoms with Crippen molar-refractivity contribution in [2.75, 3.05) is 34.3 Å². The van der Waals surface area contributed by atoms with Crippen LogP contribution in [0.3, 0.4) is 0 Å². The second-order valence-electron chi connectivity index (χ2n) is 4.89. The van der Waals surface area contributed by atoms with Crippen molar-refractivity contribution in [1.29, 1.82) is 0 Å². The Bertz CT molecular complexity index is 343. The molecular weight excluding hydrogens is 218 g/mol. The molecule has 0 spiro atoms. The summed E-state index contributed by atoms with van der Waals surface area (Å²) in [5.41, 5.74) is 0.955. The van der Waals surface area contributed by atoms with Gasteiger partial charge in [-0.25, -0.2) is 4.79 Å². The number of benzene rings is 1. The smallest absolute Gasteiger partial charge is 0.429 e. The molecule has 94 valence electrons. The van der Waals surface area contributed by atoms with Crippen molar-refractivity contribution in [3.63, 3.8) is 0 Å². The van der Waals surface area contributed by atoms with Gasteiger partial charge in [-0.1, -0.05) is 30.3 Å². The van der Waals surface area contributed by atoms with Gasteiger partial charge in [0.25, 0.3) is 0 Å². The Morgan fingerprint density at radius 1 is 1.12 bits per heavy atom. The predicted octanol–water partition coefficient (Wildman–Crippen LogP) is 2.05. The van der Waals surface area contributed by atoms with Crippen molar-refractivity contribution in [3.8, 4) is 0 Å². The molecule has 0 fully saturated rings. The van der Waals surface area contributed by atoms with Crippen molar-refractivity contribution < 1.29 is 18.8 Å². The van der Waals surface area contributed by atoms with Gasteiger partial charge in [-0.15, -0.1) is 0 Å². The number of rotatable bonds is 5. The van der Waals surface area contributed by atoms with E-state index in [1.165, 1.54) is 0 Å². The molecule has 0 aliphatic rings. The largest absolute Gasteiger partial charge is 0.508 e. The van der Waals surface area contributed by atoms with Crippen LogP contribution in [0, 0.1) is 0 Å². The lowest BCUT2D eigenvalue weighted by Gasteiger charge is -2.23. The molecule has 0 bridgehead atoms. The molecule has 0 radical (unpaired) electrons. The van der Waals surface area contributed by atoms with E-state index in [4.69, 9.17) is 9.47 Å². The normalized spacial score (nSPS) is 11.0. The Morgan fingerprint density at radius 2 is 1.76 bits per heavy atom. The first-order valence-corrected chi connectivity index (χ1v) is 5.61. The van der Waals surface area contributed by atoms with Crippen LogP contribution >= 0.6 is 0 Å². The molecule has 4 nitrogen and oxygen atoms in total. The summed E-state index contributed by atoms with van der Waals surface area (Å²) in [5, 5.41) is 0. The van der Waals surface area contributed by atoms with Gasteiger partial charge in [0.1, 0.15) is 19.8 Å². The molecule has 1 rings (SSSR count). The first kappa shape index (κ1) is 13.5. The molecule has 0 atom stereocenters. The van der Waals surface area contributed by atoms with Crippen molar-refractivity contribution in [1.82, 2.24) is 0 Å². The summed E-state index contributed by atoms with van der Waals surface area (Å²) in [4.78, 5) is 11.3. The van der Waals surface area contributed by atoms with E-state index in [9.17, 15) is 4.79 Å². The minimum absolute atomic E-state index is 0.254. The second-order valence-corrected chi connectivity index (χ2v) is 4.89. The van der Waals surface area contributed by atoms with Gasteiger partial charge in [0.05, 0.1) is 21.1 Å². The van der Waals surface area contributed by atoms with E-state index in [2.05, 4.69) is 0 Å². The standard InChI is InChI=1S/C13H20NO3/c1-14(2,3)9-10-16-13(15)17-11-12-7-5-4-6-8-12/h4-8H,9-11H2,1-3H3/q+1. The van der Waals surface area contributed by atoms with Crippen LogP contribution in [0.15, 0.2) is 30.3 Å². The van der Waals surface area contributed by atoms with Crippen molar-refractivity contribution in [2.45, 2.75) is 6.61 Å². The molecule has 17 heavy (non-hydrogen) atoms. The van der Waals surface area contributed by atoms with Crippen molar-refractivity contribution in [2.24, 2.45) is 0 Å². The highest BCUT2D eigenvalue weighted by Crippen LogP contribution is 2.01. The van der Waals surface area contributed by atoms with Crippen LogP contribution in [0.25, 0.3) is 0 Å². The zero-order valence-corrected chi connectivity index (χ0v) is 10.7. The summed E-state index contributed by atoms with van der Waals surface area (Å²) in [6.07, 6.45) is -0.609. The molecule has 4 heteroatoms. The Labute approximate surface area is 102 Å². The molecule has 1 aromatic carbocycles. The maximum Gasteiger partial charge on any atom is 0.508 e. The highest BCUT2D eigenvalue weighted by atomic mass is 16.7. The van der Waals surface area contributed by atoms with E-state index in [1.54, 1.807) is 0 Å². The molecule has 0 N–H and O–H groups in total. The fourth-order valence-corrected chi connectivity index (χ4v) is 1.16. The molecule has 0 saturated heterocycles. The van der Waals surface area contributed by atoms with E-state index >= 15 is 0 Å². The van der Waals surface area contributed by atoms with Gasteiger partial charge < -0.3 is 14.0 Å². The van der Waals surface area contributed by atoms with Gasteiger partial charge in [0.15, 0.2) is 0 Å². The van der Waals surface area contributed by atoms with Crippen LogP contribution < -0.4 is 0 Å². The highest BCUT2D eigenvalue weighted by molar-refractivity contribution is 5.59. The van der Waals surface area contributed by atoms with Gasteiger partial charge in [0.2, 0.25) is 0 Å². The highest BCUT2D eigenvalue weighted by Gasteiger charge is 2.10. The lowest BCUT2D eigenvalue weighted by atomic mass is 10.2. The minimum atomic E-state index is -0.609. The maximum absolute atomic E-state index is 11.3. The van der Waals surface area contributed by atoms with E-state index < -0.39 is 6.16 Å². The third-order valence-electron chi connectivity index (χ3n) is 2.18. The van der Waals surface area contributed by atoms with Crippen LogP contribution in [0.2, 0.25) is 0 Å². The summed E-state index contributed by atoms with van der Waals surface area (Å²) < 4.78 is 10.7. The van der Waals surface area contributed by atoms with Crippen molar-refractivity contribution in [3.05, 3.63) is 35.9 Å². The summed E-state index contributed by atoms with van der Waals surface area (Å²) >= 11 is 0.